The van der Waals surface area contributed by atoms with Crippen molar-refractivity contribution < 1.29 is 10.2 Å². The highest BCUT2D eigenvalue weighted by Gasteiger charge is 2.30. The maximum Gasteiger partial charge on any atom is 0.123 e. The van der Waals surface area contributed by atoms with Gasteiger partial charge in [0, 0.05) is 5.56 Å². The zero-order valence-corrected chi connectivity index (χ0v) is 13.5. The van der Waals surface area contributed by atoms with E-state index in [1.165, 1.54) is 0 Å². The van der Waals surface area contributed by atoms with Gasteiger partial charge in [-0.15, -0.1) is 0 Å². The number of hydrogen-bond donors (Lipinski definition) is 2. The first-order valence-electron chi connectivity index (χ1n) is 6.93. The molecule has 0 heterocycles. The van der Waals surface area contributed by atoms with E-state index in [2.05, 4.69) is 41.5 Å². The molecule has 0 spiro atoms. The average Bonchev–Trinajstić information content (AvgIpc) is 2.16. The standard InChI is InChI=1S/C17H28O2/c1-10-9-12(16(3,4)5)15(19)14(17(6,7)8)13(10)11(2)18/h9,11,18-19H,1-8H3. The van der Waals surface area contributed by atoms with Crippen LogP contribution in [-0.4, -0.2) is 10.2 Å². The number of aliphatic hydroxyl groups excluding tert-OH is 1. The highest BCUT2D eigenvalue weighted by molar-refractivity contribution is 5.55. The van der Waals surface area contributed by atoms with Gasteiger partial charge in [-0.3, -0.25) is 0 Å². The minimum Gasteiger partial charge on any atom is -0.507 e. The molecule has 0 bridgehead atoms. The molecule has 0 aromatic heterocycles. The van der Waals surface area contributed by atoms with E-state index in [-0.39, 0.29) is 10.8 Å². The molecule has 0 aliphatic heterocycles. The summed E-state index contributed by atoms with van der Waals surface area (Å²) in [6.07, 6.45) is -0.575. The highest BCUT2D eigenvalue weighted by atomic mass is 16.3. The molecule has 0 saturated carbocycles. The Balaban J connectivity index is 3.78. The van der Waals surface area contributed by atoms with Crippen molar-refractivity contribution in [3.8, 4) is 5.75 Å². The fraction of sp³-hybridized carbons (Fsp3) is 0.647. The molecule has 108 valence electrons. The van der Waals surface area contributed by atoms with Crippen molar-refractivity contribution >= 4 is 0 Å². The van der Waals surface area contributed by atoms with E-state index in [0.717, 1.165) is 22.3 Å². The molecular weight excluding hydrogens is 236 g/mol. The average molecular weight is 264 g/mol. The van der Waals surface area contributed by atoms with E-state index in [1.54, 1.807) is 6.92 Å². The molecule has 0 fully saturated rings. The number of benzene rings is 1. The quantitative estimate of drug-likeness (QED) is 0.791. The van der Waals surface area contributed by atoms with Gasteiger partial charge in [0.2, 0.25) is 0 Å². The summed E-state index contributed by atoms with van der Waals surface area (Å²) in [5, 5.41) is 20.8. The molecule has 2 nitrogen and oxygen atoms in total. The van der Waals surface area contributed by atoms with Crippen molar-refractivity contribution in [2.45, 2.75) is 72.3 Å². The second-order valence-electron chi connectivity index (χ2n) is 7.55. The summed E-state index contributed by atoms with van der Waals surface area (Å²) in [6, 6.07) is 2.01. The minimum absolute atomic E-state index is 0.119. The Bertz CT molecular complexity index is 472. The van der Waals surface area contributed by atoms with Gasteiger partial charge in [-0.25, -0.2) is 0 Å². The predicted molar refractivity (Wildman–Crippen MR) is 80.9 cm³/mol. The Hall–Kier alpha value is -1.02. The minimum atomic E-state index is -0.575. The molecule has 0 amide bonds. The Kier molecular flexibility index (Phi) is 4.07. The van der Waals surface area contributed by atoms with Crippen molar-refractivity contribution in [2.75, 3.05) is 0 Å². The molecule has 0 aliphatic rings. The van der Waals surface area contributed by atoms with Crippen LogP contribution in [0.2, 0.25) is 0 Å². The van der Waals surface area contributed by atoms with Crippen LogP contribution in [0, 0.1) is 6.92 Å². The molecule has 19 heavy (non-hydrogen) atoms. The van der Waals surface area contributed by atoms with E-state index in [0.29, 0.717) is 5.75 Å². The number of phenolic OH excluding ortho intramolecular Hbond substituents is 1. The lowest BCUT2D eigenvalue weighted by atomic mass is 9.75. The predicted octanol–water partition coefficient (Wildman–Crippen LogP) is 4.35. The smallest absolute Gasteiger partial charge is 0.123 e. The highest BCUT2D eigenvalue weighted by Crippen LogP contribution is 2.44. The zero-order chi connectivity index (χ0) is 15.2. The molecule has 1 atom stereocenters. The van der Waals surface area contributed by atoms with Crippen molar-refractivity contribution in [1.29, 1.82) is 0 Å². The Labute approximate surface area is 117 Å². The Morgan fingerprint density at radius 1 is 1.00 bits per heavy atom. The zero-order valence-electron chi connectivity index (χ0n) is 13.5. The number of aromatic hydroxyl groups is 1. The lowest BCUT2D eigenvalue weighted by molar-refractivity contribution is 0.195. The van der Waals surface area contributed by atoms with Crippen molar-refractivity contribution in [1.82, 2.24) is 0 Å². The molecule has 1 unspecified atom stereocenters. The van der Waals surface area contributed by atoms with Gasteiger partial charge < -0.3 is 10.2 Å². The van der Waals surface area contributed by atoms with Crippen LogP contribution in [-0.2, 0) is 10.8 Å². The van der Waals surface area contributed by atoms with Crippen molar-refractivity contribution in [3.05, 3.63) is 28.3 Å². The van der Waals surface area contributed by atoms with E-state index in [1.807, 2.05) is 13.0 Å². The van der Waals surface area contributed by atoms with Crippen LogP contribution in [0.3, 0.4) is 0 Å². The molecule has 0 saturated heterocycles. The third-order valence-corrected chi connectivity index (χ3v) is 3.52. The van der Waals surface area contributed by atoms with Crippen LogP contribution in [0.15, 0.2) is 6.07 Å². The maximum atomic E-state index is 10.7. The second-order valence-corrected chi connectivity index (χ2v) is 7.55. The van der Waals surface area contributed by atoms with Crippen LogP contribution in [0.1, 0.15) is 76.8 Å². The van der Waals surface area contributed by atoms with E-state index in [4.69, 9.17) is 0 Å². The lowest BCUT2D eigenvalue weighted by Gasteiger charge is -2.31. The van der Waals surface area contributed by atoms with Crippen LogP contribution in [0.25, 0.3) is 0 Å². The van der Waals surface area contributed by atoms with Gasteiger partial charge in [0.15, 0.2) is 0 Å². The topological polar surface area (TPSA) is 40.5 Å². The van der Waals surface area contributed by atoms with E-state index in [9.17, 15) is 10.2 Å². The van der Waals surface area contributed by atoms with Gasteiger partial charge >= 0.3 is 0 Å². The summed E-state index contributed by atoms with van der Waals surface area (Å²) in [7, 11) is 0. The molecule has 1 aromatic rings. The van der Waals surface area contributed by atoms with Gasteiger partial charge in [-0.1, -0.05) is 47.6 Å². The largest absolute Gasteiger partial charge is 0.507 e. The van der Waals surface area contributed by atoms with Gasteiger partial charge in [0.1, 0.15) is 5.75 Å². The summed E-state index contributed by atoms with van der Waals surface area (Å²) >= 11 is 0. The molecule has 1 rings (SSSR count). The molecule has 0 aliphatic carbocycles. The second kappa shape index (κ2) is 4.82. The maximum absolute atomic E-state index is 10.7. The molecule has 0 radical (unpaired) electrons. The van der Waals surface area contributed by atoms with E-state index < -0.39 is 6.10 Å². The van der Waals surface area contributed by atoms with Gasteiger partial charge in [-0.05, 0) is 41.4 Å². The summed E-state index contributed by atoms with van der Waals surface area (Å²) in [5.74, 6) is 0.335. The Morgan fingerprint density at radius 3 is 1.79 bits per heavy atom. The van der Waals surface area contributed by atoms with Gasteiger partial charge in [-0.2, -0.15) is 0 Å². The summed E-state index contributed by atoms with van der Waals surface area (Å²) < 4.78 is 0. The SMILES string of the molecule is Cc1cc(C(C)(C)C)c(O)c(C(C)(C)C)c1C(C)O. The van der Waals surface area contributed by atoms with Gasteiger partial charge in [0.25, 0.3) is 0 Å². The first kappa shape index (κ1) is 16.0. The van der Waals surface area contributed by atoms with Crippen molar-refractivity contribution in [2.24, 2.45) is 0 Å². The molecule has 1 aromatic carbocycles. The summed E-state index contributed by atoms with van der Waals surface area (Å²) in [6.45, 7) is 16.3. The van der Waals surface area contributed by atoms with Gasteiger partial charge in [0.05, 0.1) is 6.10 Å². The van der Waals surface area contributed by atoms with Crippen molar-refractivity contribution in [3.63, 3.8) is 0 Å². The molecule has 2 N–H and O–H groups in total. The monoisotopic (exact) mass is 264 g/mol. The van der Waals surface area contributed by atoms with E-state index >= 15 is 0 Å². The third-order valence-electron chi connectivity index (χ3n) is 3.52. The number of hydrogen-bond acceptors (Lipinski definition) is 2. The number of aliphatic hydroxyl groups is 1. The van der Waals surface area contributed by atoms with Crippen LogP contribution in [0.5, 0.6) is 5.75 Å². The summed E-state index contributed by atoms with van der Waals surface area (Å²) in [5.41, 5.74) is 3.39. The first-order chi connectivity index (χ1) is 8.37. The Morgan fingerprint density at radius 2 is 1.47 bits per heavy atom. The van der Waals surface area contributed by atoms with Crippen LogP contribution < -0.4 is 0 Å². The normalized spacial score (nSPS) is 14.6. The fourth-order valence-electron chi connectivity index (χ4n) is 2.69. The lowest BCUT2D eigenvalue weighted by Crippen LogP contribution is -2.21. The molecule has 2 heteroatoms. The fourth-order valence-corrected chi connectivity index (χ4v) is 2.69. The summed E-state index contributed by atoms with van der Waals surface area (Å²) in [4.78, 5) is 0. The van der Waals surface area contributed by atoms with Crippen LogP contribution in [0.4, 0.5) is 0 Å². The number of rotatable bonds is 1. The first-order valence-corrected chi connectivity index (χ1v) is 6.93. The molecular formula is C17H28O2. The van der Waals surface area contributed by atoms with Crippen LogP contribution >= 0.6 is 0 Å². The number of aryl methyl sites for hydroxylation is 1. The number of phenols is 1. The third kappa shape index (κ3) is 3.11.